The molecular formula is C25H48O2. The minimum atomic E-state index is -0.162. The molecule has 0 aromatic carbocycles. The van der Waals surface area contributed by atoms with Crippen LogP contribution in [0.2, 0.25) is 0 Å². The molecule has 2 heteroatoms. The fourth-order valence-electron chi connectivity index (χ4n) is 3.39. The van der Waals surface area contributed by atoms with Gasteiger partial charge in [0.2, 0.25) is 0 Å². The minimum Gasteiger partial charge on any atom is -0.463 e. The van der Waals surface area contributed by atoms with Crippen molar-refractivity contribution in [2.75, 3.05) is 6.61 Å². The summed E-state index contributed by atoms with van der Waals surface area (Å²) < 4.78 is 5.27. The minimum absolute atomic E-state index is 0.162. The zero-order chi connectivity index (χ0) is 19.8. The van der Waals surface area contributed by atoms with Gasteiger partial charge in [0.15, 0.2) is 0 Å². The first-order valence-corrected chi connectivity index (χ1v) is 12.1. The van der Waals surface area contributed by atoms with Crippen LogP contribution in [0.25, 0.3) is 0 Å². The predicted molar refractivity (Wildman–Crippen MR) is 119 cm³/mol. The van der Waals surface area contributed by atoms with Gasteiger partial charge in [-0.2, -0.15) is 0 Å². The Labute approximate surface area is 170 Å². The standard InChI is InChI=1S/C25H48O2/c1-3-5-7-9-11-13-14-15-17-19-21-23-25(26)27-24-22-20-18-16-12-10-8-6-4-2/h21,23H,3-20,22,24H2,1-2H3. The van der Waals surface area contributed by atoms with Crippen molar-refractivity contribution in [3.8, 4) is 0 Å². The van der Waals surface area contributed by atoms with Crippen molar-refractivity contribution in [2.45, 2.75) is 136 Å². The van der Waals surface area contributed by atoms with Gasteiger partial charge in [0.25, 0.3) is 0 Å². The number of esters is 1. The zero-order valence-corrected chi connectivity index (χ0v) is 18.6. The van der Waals surface area contributed by atoms with E-state index < -0.39 is 0 Å². The number of rotatable bonds is 21. The van der Waals surface area contributed by atoms with Crippen LogP contribution in [0.15, 0.2) is 12.2 Å². The van der Waals surface area contributed by atoms with Gasteiger partial charge in [-0.05, 0) is 19.3 Å². The third kappa shape index (κ3) is 23.2. The molecule has 0 bridgehead atoms. The Morgan fingerprint density at radius 2 is 1.00 bits per heavy atom. The van der Waals surface area contributed by atoms with Crippen molar-refractivity contribution in [3.05, 3.63) is 12.2 Å². The summed E-state index contributed by atoms with van der Waals surface area (Å²) in [5.74, 6) is -0.162. The largest absolute Gasteiger partial charge is 0.463 e. The van der Waals surface area contributed by atoms with Gasteiger partial charge in [0.1, 0.15) is 0 Å². The molecule has 0 spiro atoms. The second kappa shape index (κ2) is 23.2. The van der Waals surface area contributed by atoms with Crippen LogP contribution in [0.1, 0.15) is 136 Å². The van der Waals surface area contributed by atoms with E-state index in [9.17, 15) is 4.79 Å². The quantitative estimate of drug-likeness (QED) is 0.113. The van der Waals surface area contributed by atoms with Crippen LogP contribution in [-0.4, -0.2) is 12.6 Å². The van der Waals surface area contributed by atoms with Gasteiger partial charge in [-0.25, -0.2) is 4.79 Å². The van der Waals surface area contributed by atoms with E-state index >= 15 is 0 Å². The topological polar surface area (TPSA) is 26.3 Å². The lowest BCUT2D eigenvalue weighted by Crippen LogP contribution is -2.02. The molecule has 0 rings (SSSR count). The molecular weight excluding hydrogens is 332 g/mol. The summed E-state index contributed by atoms with van der Waals surface area (Å²) in [6, 6.07) is 0. The van der Waals surface area contributed by atoms with Crippen LogP contribution in [0.3, 0.4) is 0 Å². The molecule has 0 aliphatic heterocycles. The summed E-state index contributed by atoms with van der Waals surface area (Å²) in [5, 5.41) is 0. The van der Waals surface area contributed by atoms with E-state index in [0.29, 0.717) is 6.61 Å². The van der Waals surface area contributed by atoms with Crippen LogP contribution >= 0.6 is 0 Å². The van der Waals surface area contributed by atoms with E-state index in [0.717, 1.165) is 12.8 Å². The lowest BCUT2D eigenvalue weighted by molar-refractivity contribution is -0.137. The Bertz CT molecular complexity index is 322. The molecule has 27 heavy (non-hydrogen) atoms. The smallest absolute Gasteiger partial charge is 0.330 e. The Balaban J connectivity index is 3.24. The summed E-state index contributed by atoms with van der Waals surface area (Å²) in [6.07, 6.45) is 28.3. The second-order valence-corrected chi connectivity index (χ2v) is 8.02. The van der Waals surface area contributed by atoms with E-state index in [1.54, 1.807) is 6.08 Å². The molecule has 0 amide bonds. The molecule has 0 fully saturated rings. The highest BCUT2D eigenvalue weighted by molar-refractivity contribution is 5.81. The van der Waals surface area contributed by atoms with E-state index in [2.05, 4.69) is 13.8 Å². The Morgan fingerprint density at radius 1 is 0.593 bits per heavy atom. The molecule has 0 N–H and O–H groups in total. The summed E-state index contributed by atoms with van der Waals surface area (Å²) in [7, 11) is 0. The lowest BCUT2D eigenvalue weighted by atomic mass is 10.1. The van der Waals surface area contributed by atoms with E-state index in [1.165, 1.54) is 109 Å². The van der Waals surface area contributed by atoms with Gasteiger partial charge in [-0.3, -0.25) is 0 Å². The highest BCUT2D eigenvalue weighted by Gasteiger charge is 1.97. The van der Waals surface area contributed by atoms with E-state index in [-0.39, 0.29) is 5.97 Å². The maximum atomic E-state index is 11.6. The van der Waals surface area contributed by atoms with E-state index in [1.807, 2.05) is 6.08 Å². The van der Waals surface area contributed by atoms with E-state index in [4.69, 9.17) is 4.74 Å². The third-order valence-corrected chi connectivity index (χ3v) is 5.22. The van der Waals surface area contributed by atoms with Gasteiger partial charge >= 0.3 is 5.97 Å². The number of carbonyl (C=O) groups excluding carboxylic acids is 1. The Kier molecular flexibility index (Phi) is 22.6. The average molecular weight is 381 g/mol. The van der Waals surface area contributed by atoms with Crippen LogP contribution in [0.4, 0.5) is 0 Å². The van der Waals surface area contributed by atoms with Crippen molar-refractivity contribution >= 4 is 5.97 Å². The maximum absolute atomic E-state index is 11.6. The first kappa shape index (κ1) is 26.2. The number of hydrogen-bond donors (Lipinski definition) is 0. The molecule has 0 aromatic rings. The van der Waals surface area contributed by atoms with Crippen molar-refractivity contribution in [1.82, 2.24) is 0 Å². The highest BCUT2D eigenvalue weighted by atomic mass is 16.5. The van der Waals surface area contributed by atoms with Crippen molar-refractivity contribution in [3.63, 3.8) is 0 Å². The first-order valence-electron chi connectivity index (χ1n) is 12.1. The number of hydrogen-bond acceptors (Lipinski definition) is 2. The molecule has 2 nitrogen and oxygen atoms in total. The van der Waals surface area contributed by atoms with Crippen molar-refractivity contribution in [1.29, 1.82) is 0 Å². The summed E-state index contributed by atoms with van der Waals surface area (Å²) in [4.78, 5) is 11.6. The molecule has 0 radical (unpaired) electrons. The second-order valence-electron chi connectivity index (χ2n) is 8.02. The molecule has 0 saturated carbocycles. The van der Waals surface area contributed by atoms with Gasteiger partial charge in [-0.15, -0.1) is 0 Å². The molecule has 0 aliphatic carbocycles. The maximum Gasteiger partial charge on any atom is 0.330 e. The molecule has 0 heterocycles. The summed E-state index contributed by atoms with van der Waals surface area (Å²) >= 11 is 0. The van der Waals surface area contributed by atoms with Crippen LogP contribution in [0, 0.1) is 0 Å². The molecule has 0 aliphatic rings. The number of ether oxygens (including phenoxy) is 1. The molecule has 0 saturated heterocycles. The van der Waals surface area contributed by atoms with Crippen LogP contribution in [-0.2, 0) is 9.53 Å². The SMILES string of the molecule is CCCCCCCCCCCC=CC(=O)OCCCCCCCCCCC. The highest BCUT2D eigenvalue weighted by Crippen LogP contribution is 2.11. The van der Waals surface area contributed by atoms with Crippen LogP contribution in [0.5, 0.6) is 0 Å². The van der Waals surface area contributed by atoms with Crippen molar-refractivity contribution < 1.29 is 9.53 Å². The number of unbranched alkanes of at least 4 members (excludes halogenated alkanes) is 17. The zero-order valence-electron chi connectivity index (χ0n) is 18.6. The van der Waals surface area contributed by atoms with Crippen molar-refractivity contribution in [2.24, 2.45) is 0 Å². The monoisotopic (exact) mass is 380 g/mol. The summed E-state index contributed by atoms with van der Waals surface area (Å²) in [5.41, 5.74) is 0. The Morgan fingerprint density at radius 3 is 1.48 bits per heavy atom. The Hall–Kier alpha value is -0.790. The van der Waals surface area contributed by atoms with Gasteiger partial charge in [0.05, 0.1) is 6.61 Å². The van der Waals surface area contributed by atoms with Crippen LogP contribution < -0.4 is 0 Å². The first-order chi connectivity index (χ1) is 13.3. The number of carbonyl (C=O) groups is 1. The normalized spacial score (nSPS) is 11.3. The van der Waals surface area contributed by atoms with Gasteiger partial charge < -0.3 is 4.74 Å². The molecule has 0 aromatic heterocycles. The average Bonchev–Trinajstić information content (AvgIpc) is 2.67. The van der Waals surface area contributed by atoms with Gasteiger partial charge in [-0.1, -0.05) is 123 Å². The summed E-state index contributed by atoms with van der Waals surface area (Å²) in [6.45, 7) is 5.10. The lowest BCUT2D eigenvalue weighted by Gasteiger charge is -2.03. The third-order valence-electron chi connectivity index (χ3n) is 5.22. The van der Waals surface area contributed by atoms with Gasteiger partial charge in [0, 0.05) is 6.08 Å². The molecule has 160 valence electrons. The number of allylic oxidation sites excluding steroid dienone is 1. The fraction of sp³-hybridized carbons (Fsp3) is 0.880. The predicted octanol–water partition coefficient (Wildman–Crippen LogP) is 8.54. The fourth-order valence-corrected chi connectivity index (χ4v) is 3.39. The molecule has 0 unspecified atom stereocenters. The molecule has 0 atom stereocenters.